The van der Waals surface area contributed by atoms with Crippen molar-refractivity contribution < 1.29 is 23.1 Å². The van der Waals surface area contributed by atoms with Crippen LogP contribution in [0.4, 0.5) is 24.7 Å². The first-order valence-electron chi connectivity index (χ1n) is 11.1. The number of alkyl halides is 3. The molecule has 3 aromatic carbocycles. The largest absolute Gasteiger partial charge is 0.478 e. The van der Waals surface area contributed by atoms with Crippen molar-refractivity contribution in [3.63, 3.8) is 0 Å². The fraction of sp³-hybridized carbons (Fsp3) is 0.192. The second kappa shape index (κ2) is 8.90. The number of hydrogen-bond acceptors (Lipinski definition) is 5. The van der Waals surface area contributed by atoms with Gasteiger partial charge < -0.3 is 14.9 Å². The molecule has 2 heterocycles. The normalized spacial score (nSPS) is 14.4. The van der Waals surface area contributed by atoms with Crippen LogP contribution in [0, 0.1) is 0 Å². The van der Waals surface area contributed by atoms with Crippen LogP contribution in [0.5, 0.6) is 0 Å². The third kappa shape index (κ3) is 4.62. The van der Waals surface area contributed by atoms with E-state index in [1.165, 1.54) is 24.3 Å². The molecule has 1 N–H and O–H groups in total. The van der Waals surface area contributed by atoms with Crippen LogP contribution >= 0.6 is 0 Å². The Kier molecular flexibility index (Phi) is 5.76. The average molecular weight is 478 g/mol. The van der Waals surface area contributed by atoms with Crippen molar-refractivity contribution in [2.45, 2.75) is 6.18 Å². The minimum absolute atomic E-state index is 0.136. The first-order chi connectivity index (χ1) is 16.8. The molecule has 4 aromatic rings. The summed E-state index contributed by atoms with van der Waals surface area (Å²) in [6.07, 6.45) is -4.36. The molecule has 9 heteroatoms. The van der Waals surface area contributed by atoms with E-state index in [4.69, 9.17) is 9.97 Å². The van der Waals surface area contributed by atoms with E-state index >= 15 is 0 Å². The molecular formula is C26H21F3N4O2. The summed E-state index contributed by atoms with van der Waals surface area (Å²) in [7, 11) is 0. The van der Waals surface area contributed by atoms with Gasteiger partial charge in [0.1, 0.15) is 5.69 Å². The smallest absolute Gasteiger partial charge is 0.416 e. The number of carboxylic acids is 1. The number of piperazine rings is 1. The zero-order valence-electron chi connectivity index (χ0n) is 18.5. The van der Waals surface area contributed by atoms with Crippen molar-refractivity contribution in [2.75, 3.05) is 36.0 Å². The van der Waals surface area contributed by atoms with Crippen LogP contribution in [0.3, 0.4) is 0 Å². The van der Waals surface area contributed by atoms with E-state index in [2.05, 4.69) is 4.90 Å². The first kappa shape index (κ1) is 22.6. The van der Waals surface area contributed by atoms with Crippen molar-refractivity contribution in [1.29, 1.82) is 0 Å². The second-order valence-electron chi connectivity index (χ2n) is 8.29. The molecular weight excluding hydrogens is 457 g/mol. The average Bonchev–Trinajstić information content (AvgIpc) is 2.88. The zero-order valence-corrected chi connectivity index (χ0v) is 18.5. The van der Waals surface area contributed by atoms with Crippen molar-refractivity contribution >= 4 is 28.5 Å². The fourth-order valence-corrected chi connectivity index (χ4v) is 4.23. The number of halogens is 3. The van der Waals surface area contributed by atoms with Crippen molar-refractivity contribution in [3.8, 4) is 11.3 Å². The van der Waals surface area contributed by atoms with Gasteiger partial charge in [0.05, 0.1) is 22.2 Å². The maximum absolute atomic E-state index is 12.9. The highest BCUT2D eigenvalue weighted by Crippen LogP contribution is 2.33. The maximum Gasteiger partial charge on any atom is 0.416 e. The molecule has 0 atom stereocenters. The summed E-state index contributed by atoms with van der Waals surface area (Å²) in [6.45, 7) is 2.35. The van der Waals surface area contributed by atoms with E-state index in [0.717, 1.165) is 23.4 Å². The number of fused-ring (bicyclic) bond motifs is 1. The van der Waals surface area contributed by atoms with Crippen LogP contribution < -0.4 is 9.80 Å². The van der Waals surface area contributed by atoms with Gasteiger partial charge in [-0.3, -0.25) is 0 Å². The van der Waals surface area contributed by atoms with Gasteiger partial charge in [0.25, 0.3) is 0 Å². The molecule has 1 saturated heterocycles. The summed E-state index contributed by atoms with van der Waals surface area (Å²) < 4.78 is 38.7. The molecule has 0 unspecified atom stereocenters. The highest BCUT2D eigenvalue weighted by molar-refractivity contribution is 5.93. The molecule has 0 amide bonds. The number of anilines is 2. The third-order valence-corrected chi connectivity index (χ3v) is 6.08. The lowest BCUT2D eigenvalue weighted by atomic mass is 10.1. The molecule has 178 valence electrons. The van der Waals surface area contributed by atoms with Gasteiger partial charge in [-0.2, -0.15) is 13.2 Å². The van der Waals surface area contributed by atoms with Crippen molar-refractivity contribution in [2.24, 2.45) is 0 Å². The monoisotopic (exact) mass is 478 g/mol. The summed E-state index contributed by atoms with van der Waals surface area (Å²) in [6, 6.07) is 19.5. The van der Waals surface area contributed by atoms with Crippen LogP contribution in [0.15, 0.2) is 72.8 Å². The van der Waals surface area contributed by atoms with Gasteiger partial charge in [0, 0.05) is 37.4 Å². The van der Waals surface area contributed by atoms with Gasteiger partial charge in [-0.1, -0.05) is 30.3 Å². The zero-order chi connectivity index (χ0) is 24.6. The van der Waals surface area contributed by atoms with Crippen LogP contribution in [0.25, 0.3) is 22.3 Å². The van der Waals surface area contributed by atoms with Crippen LogP contribution in [-0.4, -0.2) is 47.2 Å². The fourth-order valence-electron chi connectivity index (χ4n) is 4.23. The third-order valence-electron chi connectivity index (χ3n) is 6.08. The number of nitrogens with zero attached hydrogens (tertiary/aromatic N) is 4. The Bertz CT molecular complexity index is 1370. The van der Waals surface area contributed by atoms with Gasteiger partial charge in [-0.05, 0) is 42.5 Å². The highest BCUT2D eigenvalue weighted by atomic mass is 19.4. The molecule has 1 aromatic heterocycles. The molecule has 1 aliphatic rings. The molecule has 1 fully saturated rings. The van der Waals surface area contributed by atoms with E-state index in [-0.39, 0.29) is 5.56 Å². The predicted octanol–water partition coefficient (Wildman–Crippen LogP) is 5.34. The Balaban J connectivity index is 1.45. The summed E-state index contributed by atoms with van der Waals surface area (Å²) in [5.74, 6) is -0.383. The highest BCUT2D eigenvalue weighted by Gasteiger charge is 2.30. The van der Waals surface area contributed by atoms with Gasteiger partial charge in [0.2, 0.25) is 0 Å². The number of carbonyl (C=O) groups is 1. The van der Waals surface area contributed by atoms with Gasteiger partial charge in [-0.15, -0.1) is 0 Å². The number of hydrogen-bond donors (Lipinski definition) is 1. The molecule has 0 bridgehead atoms. The second-order valence-corrected chi connectivity index (χ2v) is 8.29. The van der Waals surface area contributed by atoms with E-state index in [1.807, 2.05) is 35.2 Å². The minimum atomic E-state index is -4.36. The van der Waals surface area contributed by atoms with Gasteiger partial charge in [0.15, 0.2) is 5.82 Å². The van der Waals surface area contributed by atoms with Crippen molar-refractivity contribution in [3.05, 3.63) is 83.9 Å². The number of carboxylic acid groups (broad SMARTS) is 1. The van der Waals surface area contributed by atoms with Crippen LogP contribution in [-0.2, 0) is 6.18 Å². The van der Waals surface area contributed by atoms with Gasteiger partial charge in [-0.25, -0.2) is 14.8 Å². The Morgan fingerprint density at radius 1 is 0.800 bits per heavy atom. The summed E-state index contributed by atoms with van der Waals surface area (Å²) in [4.78, 5) is 25.2. The van der Waals surface area contributed by atoms with E-state index in [1.54, 1.807) is 6.07 Å². The lowest BCUT2D eigenvalue weighted by Gasteiger charge is -2.37. The maximum atomic E-state index is 12.9. The Hall–Kier alpha value is -4.14. The number of rotatable bonds is 4. The molecule has 0 radical (unpaired) electrons. The Morgan fingerprint density at radius 2 is 1.46 bits per heavy atom. The standard InChI is InChI=1S/C26H21F3N4O2/c27-26(28,29)19-7-9-20(10-8-19)32-12-14-33(15-13-32)24-23(17-4-2-1-3-5-17)30-21-11-6-18(25(34)35)16-22(21)31-24/h1-11,16H,12-15H2,(H,34,35). The summed E-state index contributed by atoms with van der Waals surface area (Å²) in [5, 5.41) is 9.37. The molecule has 1 aliphatic heterocycles. The summed E-state index contributed by atoms with van der Waals surface area (Å²) in [5.41, 5.74) is 2.88. The Labute approximate surface area is 199 Å². The quantitative estimate of drug-likeness (QED) is 0.427. The van der Waals surface area contributed by atoms with Crippen LogP contribution in [0.1, 0.15) is 15.9 Å². The molecule has 5 rings (SSSR count). The lowest BCUT2D eigenvalue weighted by molar-refractivity contribution is -0.137. The predicted molar refractivity (Wildman–Crippen MR) is 128 cm³/mol. The van der Waals surface area contributed by atoms with Crippen LogP contribution in [0.2, 0.25) is 0 Å². The van der Waals surface area contributed by atoms with E-state index in [9.17, 15) is 23.1 Å². The van der Waals surface area contributed by atoms with E-state index in [0.29, 0.717) is 48.7 Å². The minimum Gasteiger partial charge on any atom is -0.478 e. The van der Waals surface area contributed by atoms with Crippen molar-refractivity contribution in [1.82, 2.24) is 9.97 Å². The molecule has 6 nitrogen and oxygen atoms in total. The number of benzene rings is 3. The molecule has 35 heavy (non-hydrogen) atoms. The SMILES string of the molecule is O=C(O)c1ccc2nc(-c3ccccc3)c(N3CCN(c4ccc(C(F)(F)F)cc4)CC3)nc2c1. The Morgan fingerprint density at radius 3 is 2.09 bits per heavy atom. The number of aromatic carboxylic acids is 1. The number of aromatic nitrogens is 2. The summed E-state index contributed by atoms with van der Waals surface area (Å²) >= 11 is 0. The molecule has 0 aliphatic carbocycles. The topological polar surface area (TPSA) is 69.6 Å². The first-order valence-corrected chi connectivity index (χ1v) is 11.1. The molecule has 0 spiro atoms. The van der Waals surface area contributed by atoms with E-state index < -0.39 is 17.7 Å². The van der Waals surface area contributed by atoms with Gasteiger partial charge >= 0.3 is 12.1 Å². The molecule has 0 saturated carbocycles. The lowest BCUT2D eigenvalue weighted by Crippen LogP contribution is -2.47.